The number of amides is 3. The number of carbonyl (C=O) groups excluding carboxylic acids is 3. The van der Waals surface area contributed by atoms with Crippen LogP contribution in [-0.4, -0.2) is 102 Å². The molecule has 3 aliphatic heterocycles. The first-order valence-electron chi connectivity index (χ1n) is 18.8. The first kappa shape index (κ1) is 39.4. The third-order valence-electron chi connectivity index (χ3n) is 10.7. The summed E-state index contributed by atoms with van der Waals surface area (Å²) < 4.78 is 68.2. The van der Waals surface area contributed by atoms with Crippen molar-refractivity contribution in [3.8, 4) is 17.5 Å². The maximum atomic E-state index is 14.7. The van der Waals surface area contributed by atoms with Gasteiger partial charge in [0.1, 0.15) is 29.5 Å². The van der Waals surface area contributed by atoms with Gasteiger partial charge in [0.2, 0.25) is 0 Å². The number of alkyl halides is 3. The number of anilines is 1. The molecular formula is C41H41F4N7O5. The lowest BCUT2D eigenvalue weighted by atomic mass is 9.80. The SMILES string of the molecule is CCN1C(=O)[C@@H](NC(=O)c2cccc(C(F)(F)F)c2)[C@@H](c2ccc(F)cc2)c2c(C(=O)N3CCC[C@H]3C#N)nn(-c3cccc(OCCCN(C)C4COC4)c3)c21. The molecule has 3 aromatic carbocycles. The van der Waals surface area contributed by atoms with Gasteiger partial charge in [0.25, 0.3) is 17.7 Å². The molecule has 4 heterocycles. The average molecular weight is 788 g/mol. The van der Waals surface area contributed by atoms with E-state index in [1.54, 1.807) is 31.2 Å². The van der Waals surface area contributed by atoms with Crippen LogP contribution in [0.3, 0.4) is 0 Å². The van der Waals surface area contributed by atoms with Gasteiger partial charge in [0, 0.05) is 42.7 Å². The van der Waals surface area contributed by atoms with Crippen LogP contribution in [0.4, 0.5) is 23.4 Å². The Hall–Kier alpha value is -5.79. The molecule has 7 rings (SSSR count). The minimum atomic E-state index is -4.73. The number of rotatable bonds is 12. The first-order valence-corrected chi connectivity index (χ1v) is 18.8. The van der Waals surface area contributed by atoms with Crippen LogP contribution in [0.2, 0.25) is 0 Å². The quantitative estimate of drug-likeness (QED) is 0.146. The van der Waals surface area contributed by atoms with Gasteiger partial charge in [-0.2, -0.15) is 23.5 Å². The van der Waals surface area contributed by atoms with E-state index in [2.05, 4.69) is 16.3 Å². The molecule has 1 N–H and O–H groups in total. The number of halogens is 4. The van der Waals surface area contributed by atoms with Crippen molar-refractivity contribution in [1.29, 1.82) is 5.26 Å². The lowest BCUT2D eigenvalue weighted by molar-refractivity contribution is -0.137. The Morgan fingerprint density at radius 1 is 1.09 bits per heavy atom. The summed E-state index contributed by atoms with van der Waals surface area (Å²) in [4.78, 5) is 48.1. The lowest BCUT2D eigenvalue weighted by Gasteiger charge is -2.38. The van der Waals surface area contributed by atoms with Gasteiger partial charge in [-0.15, -0.1) is 0 Å². The van der Waals surface area contributed by atoms with Crippen molar-refractivity contribution in [3.63, 3.8) is 0 Å². The molecule has 2 saturated heterocycles. The van der Waals surface area contributed by atoms with E-state index in [0.29, 0.717) is 61.8 Å². The summed E-state index contributed by atoms with van der Waals surface area (Å²) in [5, 5.41) is 17.4. The molecule has 0 bridgehead atoms. The van der Waals surface area contributed by atoms with Crippen molar-refractivity contribution < 1.29 is 41.4 Å². The smallest absolute Gasteiger partial charge is 0.416 e. The molecule has 0 unspecified atom stereocenters. The second kappa shape index (κ2) is 16.4. The van der Waals surface area contributed by atoms with E-state index in [0.717, 1.165) is 25.1 Å². The zero-order chi connectivity index (χ0) is 40.4. The number of likely N-dealkylation sites (N-methyl/N-ethyl adjacent to an activating group) is 2. The maximum absolute atomic E-state index is 14.7. The number of nitrogens with zero attached hydrogens (tertiary/aromatic N) is 6. The molecule has 3 amide bonds. The van der Waals surface area contributed by atoms with Crippen molar-refractivity contribution in [2.75, 3.05) is 51.4 Å². The summed E-state index contributed by atoms with van der Waals surface area (Å²) in [6, 6.07) is 16.4. The Morgan fingerprint density at radius 3 is 2.53 bits per heavy atom. The molecular weight excluding hydrogens is 746 g/mol. The van der Waals surface area contributed by atoms with E-state index in [-0.39, 0.29) is 35.7 Å². The minimum absolute atomic E-state index is 0.0392. The number of benzene rings is 3. The number of carbonyl (C=O) groups is 3. The highest BCUT2D eigenvalue weighted by molar-refractivity contribution is 6.07. The Kier molecular flexibility index (Phi) is 11.3. The zero-order valence-electron chi connectivity index (χ0n) is 31.3. The molecule has 12 nitrogen and oxygen atoms in total. The third kappa shape index (κ3) is 7.94. The molecule has 298 valence electrons. The molecule has 16 heteroatoms. The Balaban J connectivity index is 1.33. The predicted molar refractivity (Wildman–Crippen MR) is 200 cm³/mol. The summed E-state index contributed by atoms with van der Waals surface area (Å²) in [6.07, 6.45) is -2.96. The zero-order valence-corrected chi connectivity index (χ0v) is 31.3. The van der Waals surface area contributed by atoms with Crippen LogP contribution in [0.15, 0.2) is 72.8 Å². The fourth-order valence-electron chi connectivity index (χ4n) is 7.58. The van der Waals surface area contributed by atoms with Crippen molar-refractivity contribution >= 4 is 23.5 Å². The summed E-state index contributed by atoms with van der Waals surface area (Å²) in [5.74, 6) is -3.21. The fraction of sp³-hybridized carbons (Fsp3) is 0.390. The highest BCUT2D eigenvalue weighted by Crippen LogP contribution is 2.45. The number of hydrogen-bond donors (Lipinski definition) is 1. The van der Waals surface area contributed by atoms with Crippen molar-refractivity contribution in [2.45, 2.75) is 56.4 Å². The van der Waals surface area contributed by atoms with E-state index in [4.69, 9.17) is 14.6 Å². The monoisotopic (exact) mass is 787 g/mol. The number of ether oxygens (including phenoxy) is 2. The largest absolute Gasteiger partial charge is 0.493 e. The van der Waals surface area contributed by atoms with Gasteiger partial charge in [-0.1, -0.05) is 24.3 Å². The molecule has 4 aromatic rings. The van der Waals surface area contributed by atoms with Crippen molar-refractivity contribution in [1.82, 2.24) is 24.9 Å². The predicted octanol–water partition coefficient (Wildman–Crippen LogP) is 5.55. The molecule has 1 aromatic heterocycles. The van der Waals surface area contributed by atoms with Gasteiger partial charge < -0.3 is 19.7 Å². The van der Waals surface area contributed by atoms with Crippen LogP contribution >= 0.6 is 0 Å². The van der Waals surface area contributed by atoms with Crippen LogP contribution in [0.1, 0.15) is 69.6 Å². The minimum Gasteiger partial charge on any atom is -0.493 e. The number of nitrogens with one attached hydrogen (secondary N) is 1. The van der Waals surface area contributed by atoms with E-state index in [9.17, 15) is 37.2 Å². The maximum Gasteiger partial charge on any atom is 0.416 e. The van der Waals surface area contributed by atoms with Gasteiger partial charge in [-0.05, 0) is 81.3 Å². The van der Waals surface area contributed by atoms with Crippen molar-refractivity contribution in [2.24, 2.45) is 0 Å². The molecule has 0 spiro atoms. The number of nitriles is 1. The van der Waals surface area contributed by atoms with Crippen LogP contribution in [0, 0.1) is 17.1 Å². The first-order chi connectivity index (χ1) is 27.4. The Labute approximate surface area is 326 Å². The molecule has 57 heavy (non-hydrogen) atoms. The Bertz CT molecular complexity index is 2180. The summed E-state index contributed by atoms with van der Waals surface area (Å²) in [6.45, 7) is 4.63. The van der Waals surface area contributed by atoms with Crippen LogP contribution < -0.4 is 15.0 Å². The van der Waals surface area contributed by atoms with Crippen LogP contribution in [0.25, 0.3) is 5.69 Å². The highest BCUT2D eigenvalue weighted by atomic mass is 19.4. The second-order valence-corrected chi connectivity index (χ2v) is 14.3. The molecule has 0 saturated carbocycles. The van der Waals surface area contributed by atoms with Gasteiger partial charge in [0.05, 0.1) is 43.2 Å². The van der Waals surface area contributed by atoms with Crippen molar-refractivity contribution in [3.05, 3.63) is 107 Å². The van der Waals surface area contributed by atoms with E-state index >= 15 is 0 Å². The number of likely N-dealkylation sites (tertiary alicyclic amines) is 1. The second-order valence-electron chi connectivity index (χ2n) is 14.3. The summed E-state index contributed by atoms with van der Waals surface area (Å²) >= 11 is 0. The van der Waals surface area contributed by atoms with E-state index < -0.39 is 53.3 Å². The molecule has 2 fully saturated rings. The molecule has 3 atom stereocenters. The van der Waals surface area contributed by atoms with Gasteiger partial charge in [0.15, 0.2) is 5.69 Å². The molecule has 0 radical (unpaired) electrons. The van der Waals surface area contributed by atoms with E-state index in [1.165, 1.54) is 44.8 Å². The lowest BCUT2D eigenvalue weighted by Crippen LogP contribution is -2.55. The standard InChI is InChI=1S/C41H41F4N7O5/c1-3-50-38-34(33(25-13-15-28(42)16-14-25)35(39(50)54)47-37(53)26-8-4-9-27(20-26)41(43,44)45)36(40(55)51-18-6-11-30(51)22-46)48-52(38)29-10-5-12-32(21-29)57-19-7-17-49(2)31-23-56-24-31/h4-5,8-10,12-16,20-21,30-31,33,35H,3,6-7,11,17-19,23-24H2,1-2H3,(H,47,53)/t30-,33-,35-/m0/s1. The normalized spacial score (nSPS) is 19.6. The number of aromatic nitrogens is 2. The fourth-order valence-corrected chi connectivity index (χ4v) is 7.58. The summed E-state index contributed by atoms with van der Waals surface area (Å²) in [5.41, 5.74) is -0.489. The van der Waals surface area contributed by atoms with Gasteiger partial charge in [-0.3, -0.25) is 24.2 Å². The topological polar surface area (TPSA) is 133 Å². The highest BCUT2D eigenvalue weighted by Gasteiger charge is 2.48. The van der Waals surface area contributed by atoms with Gasteiger partial charge >= 0.3 is 6.18 Å². The molecule has 0 aliphatic carbocycles. The number of fused-ring (bicyclic) bond motifs is 1. The van der Waals surface area contributed by atoms with E-state index in [1.807, 2.05) is 7.05 Å². The average Bonchev–Trinajstić information content (AvgIpc) is 3.82. The molecule has 3 aliphatic rings. The Morgan fingerprint density at radius 2 is 1.84 bits per heavy atom. The van der Waals surface area contributed by atoms with Crippen LogP contribution in [-0.2, 0) is 15.7 Å². The summed E-state index contributed by atoms with van der Waals surface area (Å²) in [7, 11) is 2.04. The van der Waals surface area contributed by atoms with Crippen LogP contribution in [0.5, 0.6) is 5.75 Å². The third-order valence-corrected chi connectivity index (χ3v) is 10.7. The number of hydrogen-bond acceptors (Lipinski definition) is 8. The van der Waals surface area contributed by atoms with Gasteiger partial charge in [-0.25, -0.2) is 9.07 Å².